The van der Waals surface area contributed by atoms with Crippen LogP contribution in [0.25, 0.3) is 0 Å². The number of urea groups is 1. The zero-order valence-corrected chi connectivity index (χ0v) is 19.3. The fourth-order valence-corrected chi connectivity index (χ4v) is 4.08. The molecular formula is C28H25N3O4. The van der Waals surface area contributed by atoms with E-state index in [1.54, 1.807) is 31.4 Å². The second-order valence-corrected chi connectivity index (χ2v) is 8.03. The lowest BCUT2D eigenvalue weighted by Gasteiger charge is -2.29. The number of aryl methyl sites for hydroxylation is 1. The Labute approximate surface area is 204 Å². The smallest absolute Gasteiger partial charge is 0.338 e. The van der Waals surface area contributed by atoms with Crippen LogP contribution in [-0.4, -0.2) is 19.1 Å². The number of hydrogen-bond acceptors (Lipinski definition) is 5. The Morgan fingerprint density at radius 3 is 2.54 bits per heavy atom. The third-order valence-corrected chi connectivity index (χ3v) is 5.77. The third kappa shape index (κ3) is 5.68. The lowest BCUT2D eigenvalue weighted by Crippen LogP contribution is -2.46. The van der Waals surface area contributed by atoms with Crippen molar-refractivity contribution in [2.45, 2.75) is 25.5 Å². The molecule has 2 N–H and O–H groups in total. The maximum atomic E-state index is 13.4. The molecule has 176 valence electrons. The molecule has 0 aromatic heterocycles. The van der Waals surface area contributed by atoms with Crippen LogP contribution in [-0.2, 0) is 22.6 Å². The fourth-order valence-electron chi connectivity index (χ4n) is 4.08. The van der Waals surface area contributed by atoms with Gasteiger partial charge in [-0.2, -0.15) is 5.26 Å². The fraction of sp³-hybridized carbons (Fsp3) is 0.179. The number of hydrogen-bond donors (Lipinski definition) is 2. The van der Waals surface area contributed by atoms with E-state index in [9.17, 15) is 9.59 Å². The number of nitriles is 1. The summed E-state index contributed by atoms with van der Waals surface area (Å²) in [6, 6.07) is 24.9. The van der Waals surface area contributed by atoms with E-state index >= 15 is 0 Å². The van der Waals surface area contributed by atoms with E-state index in [4.69, 9.17) is 14.7 Å². The molecule has 0 spiro atoms. The molecule has 4 rings (SSSR count). The van der Waals surface area contributed by atoms with Gasteiger partial charge in [0.05, 0.1) is 30.4 Å². The zero-order valence-electron chi connectivity index (χ0n) is 19.3. The number of nitrogens with zero attached hydrogens (tertiary/aromatic N) is 1. The maximum Gasteiger partial charge on any atom is 0.338 e. The number of carbonyl (C=O) groups is 2. The molecule has 0 saturated heterocycles. The van der Waals surface area contributed by atoms with Gasteiger partial charge in [-0.1, -0.05) is 60.7 Å². The molecule has 1 aliphatic heterocycles. The molecule has 0 saturated carbocycles. The van der Waals surface area contributed by atoms with E-state index in [1.807, 2.05) is 54.6 Å². The van der Waals surface area contributed by atoms with Crippen molar-refractivity contribution in [1.82, 2.24) is 10.6 Å². The molecule has 35 heavy (non-hydrogen) atoms. The Kier molecular flexibility index (Phi) is 7.44. The summed E-state index contributed by atoms with van der Waals surface area (Å²) in [5.41, 5.74) is 3.79. The van der Waals surface area contributed by atoms with Gasteiger partial charge in [0.25, 0.3) is 0 Å². The molecule has 3 aromatic rings. The minimum absolute atomic E-state index is 0.00704. The van der Waals surface area contributed by atoms with Crippen LogP contribution in [0.2, 0.25) is 0 Å². The zero-order chi connectivity index (χ0) is 24.6. The predicted molar refractivity (Wildman–Crippen MR) is 130 cm³/mol. The van der Waals surface area contributed by atoms with Crippen LogP contribution in [0.15, 0.2) is 90.1 Å². The Morgan fingerprint density at radius 2 is 1.77 bits per heavy atom. The first-order valence-corrected chi connectivity index (χ1v) is 11.2. The van der Waals surface area contributed by atoms with Gasteiger partial charge in [-0.05, 0) is 47.7 Å². The summed E-state index contributed by atoms with van der Waals surface area (Å²) in [7, 11) is 1.61. The topological polar surface area (TPSA) is 100 Å². The first-order valence-electron chi connectivity index (χ1n) is 11.2. The normalized spacial score (nSPS) is 15.0. The van der Waals surface area contributed by atoms with Crippen molar-refractivity contribution in [3.8, 4) is 11.8 Å². The van der Waals surface area contributed by atoms with Crippen molar-refractivity contribution in [2.75, 3.05) is 7.11 Å². The molecule has 0 bridgehead atoms. The molecule has 7 nitrogen and oxygen atoms in total. The largest absolute Gasteiger partial charge is 0.496 e. The molecule has 1 atom stereocenters. The molecule has 1 heterocycles. The summed E-state index contributed by atoms with van der Waals surface area (Å²) < 4.78 is 11.1. The molecule has 1 aliphatic rings. The van der Waals surface area contributed by atoms with Crippen molar-refractivity contribution >= 4 is 12.0 Å². The number of allylic oxidation sites excluding steroid dienone is 1. The van der Waals surface area contributed by atoms with E-state index in [0.29, 0.717) is 35.2 Å². The number of carbonyl (C=O) groups excluding carboxylic acids is 2. The molecule has 3 aromatic carbocycles. The Morgan fingerprint density at radius 1 is 1.00 bits per heavy atom. The van der Waals surface area contributed by atoms with E-state index in [-0.39, 0.29) is 12.6 Å². The monoisotopic (exact) mass is 467 g/mol. The predicted octanol–water partition coefficient (Wildman–Crippen LogP) is 4.55. The summed E-state index contributed by atoms with van der Waals surface area (Å²) >= 11 is 0. The van der Waals surface area contributed by atoms with E-state index < -0.39 is 12.0 Å². The summed E-state index contributed by atoms with van der Waals surface area (Å²) in [5, 5.41) is 14.8. The lowest BCUT2D eigenvalue weighted by atomic mass is 9.93. The average Bonchev–Trinajstić information content (AvgIpc) is 2.91. The summed E-state index contributed by atoms with van der Waals surface area (Å²) in [4.78, 5) is 25.9. The highest BCUT2D eigenvalue weighted by Crippen LogP contribution is 2.30. The van der Waals surface area contributed by atoms with Crippen LogP contribution < -0.4 is 15.4 Å². The van der Waals surface area contributed by atoms with Gasteiger partial charge < -0.3 is 20.1 Å². The lowest BCUT2D eigenvalue weighted by molar-refractivity contribution is -0.140. The number of nitrogens with one attached hydrogen (secondary N) is 2. The average molecular weight is 468 g/mol. The van der Waals surface area contributed by atoms with Crippen LogP contribution in [0.4, 0.5) is 4.79 Å². The second kappa shape index (κ2) is 11.0. The third-order valence-electron chi connectivity index (χ3n) is 5.77. The molecule has 0 aliphatic carbocycles. The van der Waals surface area contributed by atoms with E-state index in [0.717, 1.165) is 16.9 Å². The van der Waals surface area contributed by atoms with Crippen molar-refractivity contribution < 1.29 is 19.1 Å². The number of rotatable bonds is 8. The second-order valence-electron chi connectivity index (χ2n) is 8.03. The van der Waals surface area contributed by atoms with Gasteiger partial charge in [0.15, 0.2) is 0 Å². The minimum Gasteiger partial charge on any atom is -0.496 e. The number of benzene rings is 3. The van der Waals surface area contributed by atoms with Crippen LogP contribution in [0.1, 0.15) is 34.7 Å². The standard InChI is InChI=1S/C28H25N3O4/c1-34-24-13-6-5-10-21(24)14-15-23-25(26(31-28(33)30-23)22-11-3-2-4-12-22)27(32)35-18-20-9-7-8-19(16-20)17-29/h2-13,16,26H,14-15,18H2,1H3,(H2,30,31,33). The molecular weight excluding hydrogens is 442 g/mol. The SMILES string of the molecule is COc1ccccc1CCC1=C(C(=O)OCc2cccc(C#N)c2)C(c2ccccc2)NC(=O)N1. The van der Waals surface area contributed by atoms with Gasteiger partial charge in [0.2, 0.25) is 0 Å². The molecule has 0 fully saturated rings. The first-order chi connectivity index (χ1) is 17.1. The quantitative estimate of drug-likeness (QED) is 0.474. The Hall–Kier alpha value is -4.57. The van der Waals surface area contributed by atoms with Crippen molar-refractivity contribution in [3.63, 3.8) is 0 Å². The Balaban J connectivity index is 1.65. The van der Waals surface area contributed by atoms with Crippen LogP contribution in [0, 0.1) is 11.3 Å². The first kappa shape index (κ1) is 23.6. The van der Waals surface area contributed by atoms with Crippen LogP contribution >= 0.6 is 0 Å². The van der Waals surface area contributed by atoms with Gasteiger partial charge in [0, 0.05) is 5.70 Å². The number of ether oxygens (including phenoxy) is 2. The summed E-state index contributed by atoms with van der Waals surface area (Å²) in [5.74, 6) is 0.207. The van der Waals surface area contributed by atoms with E-state index in [1.165, 1.54) is 0 Å². The number of para-hydroxylation sites is 1. The van der Waals surface area contributed by atoms with Gasteiger partial charge in [-0.3, -0.25) is 0 Å². The maximum absolute atomic E-state index is 13.4. The van der Waals surface area contributed by atoms with E-state index in [2.05, 4.69) is 16.7 Å². The summed E-state index contributed by atoms with van der Waals surface area (Å²) in [6.07, 6.45) is 0.966. The van der Waals surface area contributed by atoms with Gasteiger partial charge in [-0.25, -0.2) is 9.59 Å². The number of esters is 1. The highest BCUT2D eigenvalue weighted by molar-refractivity contribution is 5.95. The summed E-state index contributed by atoms with van der Waals surface area (Å²) in [6.45, 7) is 0.00704. The number of amides is 2. The van der Waals surface area contributed by atoms with Gasteiger partial charge >= 0.3 is 12.0 Å². The van der Waals surface area contributed by atoms with Crippen molar-refractivity contribution in [3.05, 3.63) is 112 Å². The molecule has 7 heteroatoms. The highest BCUT2D eigenvalue weighted by Gasteiger charge is 2.33. The van der Waals surface area contributed by atoms with Gasteiger partial charge in [-0.15, -0.1) is 0 Å². The van der Waals surface area contributed by atoms with Crippen LogP contribution in [0.5, 0.6) is 5.75 Å². The minimum atomic E-state index is -0.657. The molecule has 2 amide bonds. The molecule has 1 unspecified atom stereocenters. The van der Waals surface area contributed by atoms with Crippen molar-refractivity contribution in [2.24, 2.45) is 0 Å². The highest BCUT2D eigenvalue weighted by atomic mass is 16.5. The van der Waals surface area contributed by atoms with Crippen LogP contribution in [0.3, 0.4) is 0 Å². The van der Waals surface area contributed by atoms with Gasteiger partial charge in [0.1, 0.15) is 12.4 Å². The van der Waals surface area contributed by atoms with Crippen molar-refractivity contribution in [1.29, 1.82) is 5.26 Å². The number of methoxy groups -OCH3 is 1. The Bertz CT molecular complexity index is 1290. The molecule has 0 radical (unpaired) electrons.